The summed E-state index contributed by atoms with van der Waals surface area (Å²) in [6.45, 7) is 4.77. The molecule has 0 radical (unpaired) electrons. The van der Waals surface area contributed by atoms with Crippen molar-refractivity contribution in [3.8, 4) is 11.1 Å². The van der Waals surface area contributed by atoms with Crippen molar-refractivity contribution in [1.82, 2.24) is 19.9 Å². The molecule has 0 spiro atoms. The van der Waals surface area contributed by atoms with Crippen molar-refractivity contribution in [2.45, 2.75) is 26.4 Å². The summed E-state index contributed by atoms with van der Waals surface area (Å²) in [7, 11) is 1.81. The Balaban J connectivity index is 1.63. The molecule has 0 aliphatic carbocycles. The monoisotopic (exact) mass is 430 g/mol. The summed E-state index contributed by atoms with van der Waals surface area (Å²) in [5, 5.41) is 6.69. The Kier molecular flexibility index (Phi) is 5.52. The van der Waals surface area contributed by atoms with E-state index in [4.69, 9.17) is 0 Å². The number of hydrogen-bond donors (Lipinski definition) is 2. The minimum Gasteiger partial charge on any atom is -0.373 e. The maximum Gasteiger partial charge on any atom is 0.274 e. The first-order valence-corrected chi connectivity index (χ1v) is 10.1. The third-order valence-electron chi connectivity index (χ3n) is 5.16. The molecule has 0 bridgehead atoms. The molecule has 0 unspecified atom stereocenters. The van der Waals surface area contributed by atoms with E-state index in [0.717, 1.165) is 33.5 Å². The van der Waals surface area contributed by atoms with Gasteiger partial charge in [-0.05, 0) is 50.6 Å². The second kappa shape index (κ2) is 8.30. The molecular weight excluding hydrogens is 407 g/mol. The number of anilines is 2. The van der Waals surface area contributed by atoms with Gasteiger partial charge in [0, 0.05) is 53.9 Å². The minimum absolute atomic E-state index is 0.133. The highest BCUT2D eigenvalue weighted by atomic mass is 19.1. The summed E-state index contributed by atoms with van der Waals surface area (Å²) in [5.41, 5.74) is 2.77. The number of aromatic nitrogens is 4. The van der Waals surface area contributed by atoms with Gasteiger partial charge in [-0.2, -0.15) is 0 Å². The van der Waals surface area contributed by atoms with Crippen LogP contribution in [-0.2, 0) is 5.67 Å². The van der Waals surface area contributed by atoms with Crippen LogP contribution >= 0.6 is 0 Å². The third kappa shape index (κ3) is 4.39. The number of fused-ring (bicyclic) bond motifs is 1. The van der Waals surface area contributed by atoms with Gasteiger partial charge in [-0.25, -0.2) is 9.37 Å². The van der Waals surface area contributed by atoms with Crippen LogP contribution in [0.2, 0.25) is 0 Å². The van der Waals surface area contributed by atoms with Gasteiger partial charge in [-0.3, -0.25) is 19.7 Å². The molecule has 0 atom stereocenters. The number of rotatable bonds is 5. The van der Waals surface area contributed by atoms with E-state index < -0.39 is 11.6 Å². The summed E-state index contributed by atoms with van der Waals surface area (Å²) in [6, 6.07) is 8.71. The fourth-order valence-electron chi connectivity index (χ4n) is 3.32. The van der Waals surface area contributed by atoms with E-state index in [1.165, 1.54) is 26.1 Å². The quantitative estimate of drug-likeness (QED) is 0.468. The van der Waals surface area contributed by atoms with E-state index in [0.29, 0.717) is 11.3 Å². The Morgan fingerprint density at radius 3 is 2.56 bits per heavy atom. The molecule has 7 nitrogen and oxygen atoms in total. The number of aryl methyl sites for hydroxylation is 1. The van der Waals surface area contributed by atoms with Crippen LogP contribution in [0.25, 0.3) is 22.0 Å². The molecule has 8 heteroatoms. The topological polar surface area (TPSA) is 92.7 Å². The van der Waals surface area contributed by atoms with Gasteiger partial charge in [0.2, 0.25) is 0 Å². The molecule has 0 saturated carbocycles. The highest BCUT2D eigenvalue weighted by Crippen LogP contribution is 2.28. The van der Waals surface area contributed by atoms with Crippen molar-refractivity contribution in [2.75, 3.05) is 17.7 Å². The van der Waals surface area contributed by atoms with Gasteiger partial charge in [0.05, 0.1) is 17.4 Å². The van der Waals surface area contributed by atoms with Crippen molar-refractivity contribution in [3.05, 3.63) is 72.1 Å². The molecule has 4 rings (SSSR count). The summed E-state index contributed by atoms with van der Waals surface area (Å²) in [5.74, 6) is 0.308. The normalized spacial score (nSPS) is 11.4. The van der Waals surface area contributed by atoms with Crippen LogP contribution in [0.1, 0.15) is 35.6 Å². The summed E-state index contributed by atoms with van der Waals surface area (Å²) in [4.78, 5) is 30.1. The SMILES string of the molecule is CNc1cc2ncc(-c3cc(NC(=O)c4cc(C(C)(C)F)ccn4)cnc3C)cc2cn1. The van der Waals surface area contributed by atoms with Crippen molar-refractivity contribution in [1.29, 1.82) is 0 Å². The van der Waals surface area contributed by atoms with Crippen LogP contribution in [0.3, 0.4) is 0 Å². The third-order valence-corrected chi connectivity index (χ3v) is 5.16. The first-order valence-electron chi connectivity index (χ1n) is 10.1. The predicted molar refractivity (Wildman–Crippen MR) is 123 cm³/mol. The van der Waals surface area contributed by atoms with Crippen LogP contribution in [0.5, 0.6) is 0 Å². The number of carbonyl (C=O) groups is 1. The second-order valence-electron chi connectivity index (χ2n) is 7.95. The van der Waals surface area contributed by atoms with E-state index in [1.807, 2.05) is 32.2 Å². The van der Waals surface area contributed by atoms with E-state index in [1.54, 1.807) is 24.7 Å². The van der Waals surface area contributed by atoms with Crippen molar-refractivity contribution in [2.24, 2.45) is 0 Å². The molecule has 0 fully saturated rings. The lowest BCUT2D eigenvalue weighted by Crippen LogP contribution is -2.16. The second-order valence-corrected chi connectivity index (χ2v) is 7.95. The number of nitrogens with one attached hydrogen (secondary N) is 2. The molecule has 1 amide bonds. The number of halogens is 1. The lowest BCUT2D eigenvalue weighted by atomic mass is 10.0. The molecule has 4 heterocycles. The molecule has 0 saturated heterocycles. The molecule has 2 N–H and O–H groups in total. The molecule has 4 aromatic rings. The summed E-state index contributed by atoms with van der Waals surface area (Å²) in [6.07, 6.45) is 6.54. The predicted octanol–water partition coefficient (Wildman–Crippen LogP) is 4.89. The zero-order chi connectivity index (χ0) is 22.9. The lowest BCUT2D eigenvalue weighted by molar-refractivity contribution is 0.102. The maximum atomic E-state index is 14.2. The van der Waals surface area contributed by atoms with E-state index in [2.05, 4.69) is 30.6 Å². The van der Waals surface area contributed by atoms with Gasteiger partial charge in [0.1, 0.15) is 17.2 Å². The molecular formula is C24H23FN6O. The van der Waals surface area contributed by atoms with Gasteiger partial charge in [-0.15, -0.1) is 0 Å². The standard InChI is InChI=1S/C24H23FN6O/c1-14-19(15-7-16-12-30-22(26-4)10-20(16)29-11-15)9-18(13-28-14)31-23(32)21-8-17(5-6-27-21)24(2,3)25/h5-13H,1-4H3,(H,26,30)(H,31,32). The number of carbonyl (C=O) groups excluding carboxylic acids is 1. The Labute approximate surface area is 185 Å². The van der Waals surface area contributed by atoms with Crippen molar-refractivity contribution >= 4 is 28.3 Å². The van der Waals surface area contributed by atoms with Gasteiger partial charge in [-0.1, -0.05) is 0 Å². The van der Waals surface area contributed by atoms with Gasteiger partial charge < -0.3 is 10.6 Å². The molecule has 0 aromatic carbocycles. The summed E-state index contributed by atoms with van der Waals surface area (Å²) < 4.78 is 14.2. The zero-order valence-corrected chi connectivity index (χ0v) is 18.3. The average molecular weight is 430 g/mol. The Morgan fingerprint density at radius 1 is 1.00 bits per heavy atom. The van der Waals surface area contributed by atoms with Crippen LogP contribution in [0, 0.1) is 6.92 Å². The number of amides is 1. The first-order chi connectivity index (χ1) is 15.2. The molecule has 162 valence electrons. The number of pyridine rings is 4. The van der Waals surface area contributed by atoms with Gasteiger partial charge >= 0.3 is 0 Å². The van der Waals surface area contributed by atoms with E-state index >= 15 is 0 Å². The first kappa shape index (κ1) is 21.3. The summed E-state index contributed by atoms with van der Waals surface area (Å²) >= 11 is 0. The number of alkyl halides is 1. The van der Waals surface area contributed by atoms with Gasteiger partial charge in [0.25, 0.3) is 5.91 Å². The Hall–Kier alpha value is -3.94. The van der Waals surface area contributed by atoms with E-state index in [9.17, 15) is 9.18 Å². The van der Waals surface area contributed by atoms with Gasteiger partial charge in [0.15, 0.2) is 0 Å². The highest BCUT2D eigenvalue weighted by molar-refractivity contribution is 6.03. The highest BCUT2D eigenvalue weighted by Gasteiger charge is 2.21. The number of hydrogen-bond acceptors (Lipinski definition) is 6. The molecule has 0 aliphatic heterocycles. The Bertz CT molecular complexity index is 1320. The van der Waals surface area contributed by atoms with E-state index in [-0.39, 0.29) is 5.69 Å². The van der Waals surface area contributed by atoms with Crippen molar-refractivity contribution in [3.63, 3.8) is 0 Å². The fraction of sp³-hybridized carbons (Fsp3) is 0.208. The maximum absolute atomic E-state index is 14.2. The molecule has 0 aliphatic rings. The van der Waals surface area contributed by atoms with Crippen LogP contribution in [0.4, 0.5) is 15.9 Å². The molecule has 4 aromatic heterocycles. The minimum atomic E-state index is -1.57. The van der Waals surface area contributed by atoms with Crippen LogP contribution in [0.15, 0.2) is 55.1 Å². The lowest BCUT2D eigenvalue weighted by Gasteiger charge is -2.15. The number of nitrogens with zero attached hydrogens (tertiary/aromatic N) is 4. The largest absolute Gasteiger partial charge is 0.373 e. The smallest absolute Gasteiger partial charge is 0.274 e. The van der Waals surface area contributed by atoms with Crippen LogP contribution < -0.4 is 10.6 Å². The fourth-order valence-corrected chi connectivity index (χ4v) is 3.32. The van der Waals surface area contributed by atoms with Crippen molar-refractivity contribution < 1.29 is 9.18 Å². The molecule has 32 heavy (non-hydrogen) atoms. The average Bonchev–Trinajstić information content (AvgIpc) is 2.79. The Morgan fingerprint density at radius 2 is 1.81 bits per heavy atom. The van der Waals surface area contributed by atoms with Crippen LogP contribution in [-0.4, -0.2) is 32.9 Å². The zero-order valence-electron chi connectivity index (χ0n) is 18.3.